The van der Waals surface area contributed by atoms with E-state index in [2.05, 4.69) is 77.9 Å². The number of ether oxygens (including phenoxy) is 1. The zero-order valence-electron chi connectivity index (χ0n) is 21.5. The number of aryl methyl sites for hydroxylation is 3. The molecule has 192 valence electrons. The van der Waals surface area contributed by atoms with Gasteiger partial charge in [0.05, 0.1) is 12.4 Å². The maximum atomic E-state index is 12.6. The third kappa shape index (κ3) is 7.46. The molecule has 0 unspecified atom stereocenters. The van der Waals surface area contributed by atoms with Gasteiger partial charge >= 0.3 is 0 Å². The van der Waals surface area contributed by atoms with Gasteiger partial charge in [0.2, 0.25) is 5.91 Å². The average Bonchev–Trinajstić information content (AvgIpc) is 3.23. The number of benzene rings is 2. The fourth-order valence-electron chi connectivity index (χ4n) is 3.87. The maximum Gasteiger partial charge on any atom is 0.234 e. The summed E-state index contributed by atoms with van der Waals surface area (Å²) < 4.78 is 9.25. The first kappa shape index (κ1) is 28.0. The van der Waals surface area contributed by atoms with Crippen LogP contribution in [0.15, 0.2) is 58.7 Å². The third-order valence-corrected chi connectivity index (χ3v) is 7.48. The number of hydrogen-bond acceptors (Lipinski definition) is 5. The van der Waals surface area contributed by atoms with Gasteiger partial charge in [-0.2, -0.15) is 0 Å². The summed E-state index contributed by atoms with van der Waals surface area (Å²) in [5.41, 5.74) is 4.33. The molecule has 3 aromatic rings. The van der Waals surface area contributed by atoms with Crippen molar-refractivity contribution in [1.29, 1.82) is 0 Å². The van der Waals surface area contributed by atoms with Gasteiger partial charge in [-0.05, 0) is 60.6 Å². The SMILES string of the molecule is C=CCn1c(CCCOc2cc(C(C)C)c(Br)cc2C)nnc1SCC(=O)Nc1ccccc1CC. The quantitative estimate of drug-likeness (QED) is 0.136. The summed E-state index contributed by atoms with van der Waals surface area (Å²) in [6, 6.07) is 12.1. The molecular weight excluding hydrogens is 536 g/mol. The number of carbonyl (C=O) groups is 1. The number of allylic oxidation sites excluding steroid dienone is 1. The Morgan fingerprint density at radius 1 is 1.28 bits per heavy atom. The van der Waals surface area contributed by atoms with E-state index < -0.39 is 0 Å². The largest absolute Gasteiger partial charge is 0.493 e. The van der Waals surface area contributed by atoms with Crippen LogP contribution in [0.3, 0.4) is 0 Å². The van der Waals surface area contributed by atoms with Crippen LogP contribution in [0.1, 0.15) is 55.6 Å². The molecule has 36 heavy (non-hydrogen) atoms. The number of para-hydroxylation sites is 1. The molecule has 6 nitrogen and oxygen atoms in total. The molecule has 1 N–H and O–H groups in total. The predicted octanol–water partition coefficient (Wildman–Crippen LogP) is 6.96. The number of rotatable bonds is 13. The highest BCUT2D eigenvalue weighted by Crippen LogP contribution is 2.32. The molecule has 2 aromatic carbocycles. The Hall–Kier alpha value is -2.58. The van der Waals surface area contributed by atoms with Crippen LogP contribution in [0.4, 0.5) is 5.69 Å². The zero-order chi connectivity index (χ0) is 26.1. The summed E-state index contributed by atoms with van der Waals surface area (Å²) in [6.45, 7) is 13.5. The molecule has 0 spiro atoms. The molecule has 1 amide bonds. The van der Waals surface area contributed by atoms with Crippen molar-refractivity contribution in [1.82, 2.24) is 14.8 Å². The van der Waals surface area contributed by atoms with Crippen molar-refractivity contribution in [3.63, 3.8) is 0 Å². The highest BCUT2D eigenvalue weighted by atomic mass is 79.9. The number of nitrogens with one attached hydrogen (secondary N) is 1. The van der Waals surface area contributed by atoms with E-state index in [4.69, 9.17) is 4.74 Å². The fourth-order valence-corrected chi connectivity index (χ4v) is 5.55. The first-order valence-electron chi connectivity index (χ1n) is 12.3. The van der Waals surface area contributed by atoms with Crippen molar-refractivity contribution in [2.24, 2.45) is 0 Å². The van der Waals surface area contributed by atoms with E-state index in [-0.39, 0.29) is 11.7 Å². The van der Waals surface area contributed by atoms with Crippen LogP contribution in [-0.2, 0) is 24.2 Å². The highest BCUT2D eigenvalue weighted by Gasteiger charge is 2.15. The van der Waals surface area contributed by atoms with Gasteiger partial charge in [-0.3, -0.25) is 4.79 Å². The lowest BCUT2D eigenvalue weighted by molar-refractivity contribution is -0.113. The fraction of sp³-hybridized carbons (Fsp3) is 0.393. The standard InChI is InChI=1S/C28H35BrN4O2S/c1-6-14-33-26(13-10-15-35-25-17-22(19(3)4)23(29)16-20(25)5)31-32-28(33)36-18-27(34)30-24-12-9-8-11-21(24)7-2/h6,8-9,11-12,16-17,19H,1,7,10,13-15,18H2,2-5H3,(H,30,34). The second kappa shape index (κ2) is 13.7. The Labute approximate surface area is 227 Å². The molecule has 0 atom stereocenters. The minimum atomic E-state index is -0.0605. The molecule has 1 aromatic heterocycles. The summed E-state index contributed by atoms with van der Waals surface area (Å²) in [6.07, 6.45) is 4.22. The number of thioether (sulfide) groups is 1. The Kier molecular flexibility index (Phi) is 10.6. The molecule has 0 radical (unpaired) electrons. The predicted molar refractivity (Wildman–Crippen MR) is 152 cm³/mol. The lowest BCUT2D eigenvalue weighted by atomic mass is 10.0. The van der Waals surface area contributed by atoms with Crippen LogP contribution < -0.4 is 10.1 Å². The van der Waals surface area contributed by atoms with Crippen molar-refractivity contribution >= 4 is 39.3 Å². The van der Waals surface area contributed by atoms with Crippen molar-refractivity contribution < 1.29 is 9.53 Å². The highest BCUT2D eigenvalue weighted by molar-refractivity contribution is 9.10. The molecule has 0 aliphatic rings. The molecular formula is C28H35BrN4O2S. The van der Waals surface area contributed by atoms with Gasteiger partial charge in [-0.25, -0.2) is 0 Å². The molecule has 0 bridgehead atoms. The smallest absolute Gasteiger partial charge is 0.234 e. The number of halogens is 1. The molecule has 0 aliphatic heterocycles. The molecule has 0 saturated heterocycles. The first-order valence-corrected chi connectivity index (χ1v) is 14.1. The van der Waals surface area contributed by atoms with Crippen molar-refractivity contribution in [2.45, 2.75) is 64.6 Å². The van der Waals surface area contributed by atoms with Crippen molar-refractivity contribution in [2.75, 3.05) is 17.7 Å². The maximum absolute atomic E-state index is 12.6. The Bertz CT molecular complexity index is 1190. The summed E-state index contributed by atoms with van der Waals surface area (Å²) in [7, 11) is 0. The van der Waals surface area contributed by atoms with Gasteiger partial charge in [-0.1, -0.05) is 72.7 Å². The van der Waals surface area contributed by atoms with Crippen molar-refractivity contribution in [3.05, 3.63) is 76.0 Å². The lowest BCUT2D eigenvalue weighted by Crippen LogP contribution is -2.16. The van der Waals surface area contributed by atoms with Crippen LogP contribution in [-0.4, -0.2) is 33.0 Å². The Morgan fingerprint density at radius 3 is 2.78 bits per heavy atom. The van der Waals surface area contributed by atoms with Gasteiger partial charge < -0.3 is 14.6 Å². The Morgan fingerprint density at radius 2 is 2.06 bits per heavy atom. The molecule has 0 fully saturated rings. The third-order valence-electron chi connectivity index (χ3n) is 5.83. The first-order chi connectivity index (χ1) is 17.3. The minimum Gasteiger partial charge on any atom is -0.493 e. The van der Waals surface area contributed by atoms with Crippen LogP contribution in [0.25, 0.3) is 0 Å². The molecule has 0 aliphatic carbocycles. The Balaban J connectivity index is 1.56. The lowest BCUT2D eigenvalue weighted by Gasteiger charge is -2.15. The van der Waals surface area contributed by atoms with E-state index >= 15 is 0 Å². The van der Waals surface area contributed by atoms with E-state index in [9.17, 15) is 4.79 Å². The van der Waals surface area contributed by atoms with Crippen LogP contribution in [0.2, 0.25) is 0 Å². The summed E-state index contributed by atoms with van der Waals surface area (Å²) >= 11 is 5.04. The molecule has 0 saturated carbocycles. The van der Waals surface area contributed by atoms with E-state index in [1.165, 1.54) is 17.3 Å². The molecule has 8 heteroatoms. The second-order valence-corrected chi connectivity index (χ2v) is 10.7. The van der Waals surface area contributed by atoms with Gasteiger partial charge in [0, 0.05) is 23.1 Å². The zero-order valence-corrected chi connectivity index (χ0v) is 23.9. The van der Waals surface area contributed by atoms with Crippen molar-refractivity contribution in [3.8, 4) is 5.75 Å². The number of hydrogen-bond donors (Lipinski definition) is 1. The molecule has 3 rings (SSSR count). The number of carbonyl (C=O) groups excluding carboxylic acids is 1. The van der Waals surface area contributed by atoms with E-state index in [0.717, 1.165) is 57.3 Å². The summed E-state index contributed by atoms with van der Waals surface area (Å²) in [4.78, 5) is 12.6. The van der Waals surface area contributed by atoms with Gasteiger partial charge in [-0.15, -0.1) is 16.8 Å². The number of nitrogens with zero attached hydrogens (tertiary/aromatic N) is 3. The summed E-state index contributed by atoms with van der Waals surface area (Å²) in [5.74, 6) is 2.40. The average molecular weight is 572 g/mol. The molecule has 1 heterocycles. The van der Waals surface area contributed by atoms with Gasteiger partial charge in [0.1, 0.15) is 11.6 Å². The minimum absolute atomic E-state index is 0.0605. The van der Waals surface area contributed by atoms with Gasteiger partial charge in [0.15, 0.2) is 5.16 Å². The van der Waals surface area contributed by atoms with Crippen LogP contribution >= 0.6 is 27.7 Å². The van der Waals surface area contributed by atoms with E-state index in [1.54, 1.807) is 0 Å². The monoisotopic (exact) mass is 570 g/mol. The number of anilines is 1. The second-order valence-electron chi connectivity index (χ2n) is 8.89. The topological polar surface area (TPSA) is 69.0 Å². The van der Waals surface area contributed by atoms with E-state index in [1.807, 2.05) is 34.9 Å². The van der Waals surface area contributed by atoms with Crippen LogP contribution in [0.5, 0.6) is 5.75 Å². The number of aromatic nitrogens is 3. The van der Waals surface area contributed by atoms with E-state index in [0.29, 0.717) is 19.1 Å². The van der Waals surface area contributed by atoms with Gasteiger partial charge in [0.25, 0.3) is 0 Å². The normalized spacial score (nSPS) is 11.1. The van der Waals surface area contributed by atoms with Crippen LogP contribution in [0, 0.1) is 6.92 Å². The summed E-state index contributed by atoms with van der Waals surface area (Å²) in [5, 5.41) is 12.5. The number of amides is 1.